The number of hydrogen-bond donors (Lipinski definition) is 0. The highest BCUT2D eigenvalue weighted by molar-refractivity contribution is 14.1. The number of hydrogen-bond acceptors (Lipinski definition) is 2. The number of alkyl halides is 1. The van der Waals surface area contributed by atoms with E-state index in [1.165, 1.54) is 6.42 Å². The molecular weight excluding hydrogens is 267 g/mol. The van der Waals surface area contributed by atoms with Gasteiger partial charge in [-0.25, -0.2) is 0 Å². The van der Waals surface area contributed by atoms with Gasteiger partial charge >= 0.3 is 0 Å². The summed E-state index contributed by atoms with van der Waals surface area (Å²) in [6.07, 6.45) is 1.19. The van der Waals surface area contributed by atoms with Crippen LogP contribution in [0.15, 0.2) is 0 Å². The van der Waals surface area contributed by atoms with E-state index in [4.69, 9.17) is 9.47 Å². The number of ether oxygens (including phenoxy) is 2. The summed E-state index contributed by atoms with van der Waals surface area (Å²) < 4.78 is 11.7. The molecule has 0 spiro atoms. The quantitative estimate of drug-likeness (QED) is 0.388. The molecule has 0 aromatic rings. The Bertz CT molecular complexity index is 88.6. The zero-order chi connectivity index (χ0) is 9.23. The van der Waals surface area contributed by atoms with Gasteiger partial charge in [0, 0.05) is 11.0 Å². The average Bonchev–Trinajstić information content (AvgIpc) is 2.10. The summed E-state index contributed by atoms with van der Waals surface area (Å²) in [7, 11) is 0. The lowest BCUT2D eigenvalue weighted by Gasteiger charge is -2.08. The maximum Gasteiger partial charge on any atom is 0.0700 e. The fourth-order valence-electron chi connectivity index (χ4n) is 0.677. The number of rotatable bonds is 8. The van der Waals surface area contributed by atoms with Crippen molar-refractivity contribution in [3.63, 3.8) is 0 Å². The van der Waals surface area contributed by atoms with Crippen molar-refractivity contribution in [1.29, 1.82) is 0 Å². The van der Waals surface area contributed by atoms with Crippen molar-refractivity contribution in [3.8, 4) is 0 Å². The van der Waals surface area contributed by atoms with E-state index in [2.05, 4.69) is 36.4 Å². The molecule has 0 N–H and O–H groups in total. The Balaban J connectivity index is 2.90. The lowest BCUT2D eigenvalue weighted by atomic mass is 10.1. The molecule has 0 aromatic heterocycles. The normalized spacial score (nSPS) is 13.2. The van der Waals surface area contributed by atoms with Gasteiger partial charge in [-0.1, -0.05) is 42.9 Å². The fraction of sp³-hybridized carbons (Fsp3) is 1.00. The summed E-state index contributed by atoms with van der Waals surface area (Å²) in [5.74, 6) is 0.676. The molecule has 1 unspecified atom stereocenters. The minimum atomic E-state index is 0.676. The van der Waals surface area contributed by atoms with Crippen LogP contribution in [0.1, 0.15) is 20.3 Å². The minimum absolute atomic E-state index is 0.676. The molecule has 0 aliphatic carbocycles. The first-order valence-electron chi connectivity index (χ1n) is 4.52. The molecule has 3 heteroatoms. The van der Waals surface area contributed by atoms with Crippen LogP contribution >= 0.6 is 22.6 Å². The molecule has 0 rings (SSSR count). The molecule has 0 aromatic carbocycles. The van der Waals surface area contributed by atoms with Gasteiger partial charge in [-0.15, -0.1) is 0 Å². The van der Waals surface area contributed by atoms with Crippen LogP contribution in [0, 0.1) is 5.92 Å². The lowest BCUT2D eigenvalue weighted by Crippen LogP contribution is -2.10. The molecule has 0 aliphatic heterocycles. The first-order valence-corrected chi connectivity index (χ1v) is 6.05. The summed E-state index contributed by atoms with van der Waals surface area (Å²) in [4.78, 5) is 0. The molecule has 0 heterocycles. The van der Waals surface area contributed by atoms with Gasteiger partial charge in [0.1, 0.15) is 0 Å². The Morgan fingerprint density at radius 3 is 2.42 bits per heavy atom. The van der Waals surface area contributed by atoms with Gasteiger partial charge in [0.25, 0.3) is 0 Å². The van der Waals surface area contributed by atoms with Crippen molar-refractivity contribution >= 4 is 22.6 Å². The molecule has 0 fully saturated rings. The molecule has 0 saturated heterocycles. The largest absolute Gasteiger partial charge is 0.379 e. The average molecular weight is 286 g/mol. The molecule has 0 saturated carbocycles. The van der Waals surface area contributed by atoms with E-state index in [-0.39, 0.29) is 0 Å². The standard InChI is InChI=1S/C9H19IO2/c1-3-9(2)8-12-7-6-11-5-4-10/h9H,3-8H2,1-2H3. The molecule has 2 nitrogen and oxygen atoms in total. The zero-order valence-electron chi connectivity index (χ0n) is 8.01. The summed E-state index contributed by atoms with van der Waals surface area (Å²) in [6.45, 7) is 7.56. The topological polar surface area (TPSA) is 18.5 Å². The van der Waals surface area contributed by atoms with Crippen LogP contribution in [0.25, 0.3) is 0 Å². The van der Waals surface area contributed by atoms with Crippen LogP contribution in [0.3, 0.4) is 0 Å². The van der Waals surface area contributed by atoms with Gasteiger partial charge in [0.2, 0.25) is 0 Å². The van der Waals surface area contributed by atoms with E-state index < -0.39 is 0 Å². The van der Waals surface area contributed by atoms with Gasteiger partial charge in [0.05, 0.1) is 19.8 Å². The molecule has 0 amide bonds. The summed E-state index contributed by atoms with van der Waals surface area (Å²) in [6, 6.07) is 0. The summed E-state index contributed by atoms with van der Waals surface area (Å²) in [5.41, 5.74) is 0. The van der Waals surface area contributed by atoms with E-state index in [0.717, 1.165) is 30.9 Å². The Morgan fingerprint density at radius 1 is 1.17 bits per heavy atom. The van der Waals surface area contributed by atoms with Crippen molar-refractivity contribution in [1.82, 2.24) is 0 Å². The third kappa shape index (κ3) is 8.74. The molecule has 0 aliphatic rings. The van der Waals surface area contributed by atoms with Crippen molar-refractivity contribution in [2.75, 3.05) is 30.9 Å². The van der Waals surface area contributed by atoms with E-state index in [1.54, 1.807) is 0 Å². The second-order valence-electron chi connectivity index (χ2n) is 2.89. The van der Waals surface area contributed by atoms with Crippen molar-refractivity contribution in [3.05, 3.63) is 0 Å². The van der Waals surface area contributed by atoms with Gasteiger partial charge in [-0.05, 0) is 5.92 Å². The van der Waals surface area contributed by atoms with Crippen molar-refractivity contribution < 1.29 is 9.47 Å². The molecule has 12 heavy (non-hydrogen) atoms. The molecule has 74 valence electrons. The van der Waals surface area contributed by atoms with Crippen LogP contribution in [0.2, 0.25) is 0 Å². The Morgan fingerprint density at radius 2 is 1.83 bits per heavy atom. The van der Waals surface area contributed by atoms with Crippen LogP contribution in [-0.4, -0.2) is 30.9 Å². The monoisotopic (exact) mass is 286 g/mol. The van der Waals surface area contributed by atoms with Crippen LogP contribution < -0.4 is 0 Å². The van der Waals surface area contributed by atoms with Gasteiger partial charge in [-0.2, -0.15) is 0 Å². The highest BCUT2D eigenvalue weighted by Gasteiger charge is 1.97. The Kier molecular flexibility index (Phi) is 10.3. The van der Waals surface area contributed by atoms with E-state index in [1.807, 2.05) is 0 Å². The molecule has 0 radical (unpaired) electrons. The first kappa shape index (κ1) is 12.7. The Labute approximate surface area is 89.1 Å². The Hall–Kier alpha value is 0.650. The lowest BCUT2D eigenvalue weighted by molar-refractivity contribution is 0.0406. The van der Waals surface area contributed by atoms with E-state index in [0.29, 0.717) is 5.92 Å². The number of halogens is 1. The third-order valence-electron chi connectivity index (χ3n) is 1.69. The van der Waals surface area contributed by atoms with Crippen LogP contribution in [0.5, 0.6) is 0 Å². The molecule has 1 atom stereocenters. The second kappa shape index (κ2) is 9.74. The highest BCUT2D eigenvalue weighted by Crippen LogP contribution is 1.99. The predicted molar refractivity (Wildman–Crippen MR) is 60.0 cm³/mol. The zero-order valence-corrected chi connectivity index (χ0v) is 10.2. The summed E-state index contributed by atoms with van der Waals surface area (Å²) >= 11 is 2.30. The maximum atomic E-state index is 5.41. The molecule has 0 bridgehead atoms. The van der Waals surface area contributed by atoms with E-state index in [9.17, 15) is 0 Å². The van der Waals surface area contributed by atoms with E-state index >= 15 is 0 Å². The minimum Gasteiger partial charge on any atom is -0.379 e. The van der Waals surface area contributed by atoms with Gasteiger partial charge < -0.3 is 9.47 Å². The van der Waals surface area contributed by atoms with Crippen LogP contribution in [0.4, 0.5) is 0 Å². The smallest absolute Gasteiger partial charge is 0.0700 e. The second-order valence-corrected chi connectivity index (χ2v) is 3.97. The first-order chi connectivity index (χ1) is 5.81. The molecular formula is C9H19IO2. The van der Waals surface area contributed by atoms with Crippen LogP contribution in [-0.2, 0) is 9.47 Å². The fourth-order valence-corrected chi connectivity index (χ4v) is 0.988. The van der Waals surface area contributed by atoms with Crippen molar-refractivity contribution in [2.24, 2.45) is 5.92 Å². The predicted octanol–water partition coefficient (Wildman–Crippen LogP) is 2.50. The van der Waals surface area contributed by atoms with Gasteiger partial charge in [0.15, 0.2) is 0 Å². The maximum absolute atomic E-state index is 5.41. The third-order valence-corrected chi connectivity index (χ3v) is 2.13. The van der Waals surface area contributed by atoms with Gasteiger partial charge in [-0.3, -0.25) is 0 Å². The summed E-state index contributed by atoms with van der Waals surface area (Å²) in [5, 5.41) is 0. The highest BCUT2D eigenvalue weighted by atomic mass is 127. The SMILES string of the molecule is CCC(C)COCCOCCI. The van der Waals surface area contributed by atoms with Crippen molar-refractivity contribution in [2.45, 2.75) is 20.3 Å².